The van der Waals surface area contributed by atoms with Crippen molar-refractivity contribution in [3.8, 4) is 6.07 Å². The highest BCUT2D eigenvalue weighted by Gasteiger charge is 2.11. The van der Waals surface area contributed by atoms with Crippen molar-refractivity contribution in [3.05, 3.63) is 82.5 Å². The molecular weight excluding hydrogens is 336 g/mol. The first kappa shape index (κ1) is 18.2. The van der Waals surface area contributed by atoms with Gasteiger partial charge < -0.3 is 10.6 Å². The molecule has 5 nitrogen and oxygen atoms in total. The van der Waals surface area contributed by atoms with E-state index in [1.807, 2.05) is 39.0 Å². The lowest BCUT2D eigenvalue weighted by molar-refractivity contribution is 0.102. The number of amides is 1. The van der Waals surface area contributed by atoms with Crippen LogP contribution in [0.5, 0.6) is 0 Å². The van der Waals surface area contributed by atoms with E-state index < -0.39 is 0 Å². The van der Waals surface area contributed by atoms with Gasteiger partial charge in [0.15, 0.2) is 0 Å². The molecule has 0 aliphatic heterocycles. The summed E-state index contributed by atoms with van der Waals surface area (Å²) >= 11 is 0. The summed E-state index contributed by atoms with van der Waals surface area (Å²) in [6.45, 7) is 6.00. The van der Waals surface area contributed by atoms with E-state index in [4.69, 9.17) is 5.26 Å². The molecule has 0 saturated carbocycles. The predicted octanol–water partition coefficient (Wildman–Crippen LogP) is 4.87. The van der Waals surface area contributed by atoms with Crippen molar-refractivity contribution in [2.75, 3.05) is 10.6 Å². The summed E-state index contributed by atoms with van der Waals surface area (Å²) in [7, 11) is 0. The molecule has 0 saturated heterocycles. The van der Waals surface area contributed by atoms with Gasteiger partial charge >= 0.3 is 0 Å². The van der Waals surface area contributed by atoms with E-state index >= 15 is 0 Å². The molecule has 0 radical (unpaired) electrons. The van der Waals surface area contributed by atoms with Crippen molar-refractivity contribution in [2.45, 2.75) is 20.8 Å². The highest BCUT2D eigenvalue weighted by Crippen LogP contribution is 2.23. The van der Waals surface area contributed by atoms with Gasteiger partial charge in [0, 0.05) is 23.1 Å². The number of anilines is 3. The van der Waals surface area contributed by atoms with Gasteiger partial charge in [-0.25, -0.2) is 4.98 Å². The molecule has 2 aromatic carbocycles. The first-order chi connectivity index (χ1) is 13.0. The Labute approximate surface area is 158 Å². The summed E-state index contributed by atoms with van der Waals surface area (Å²) in [5, 5.41) is 15.1. The standard InChI is InChI=1S/C22H20N4O/c1-14-9-15(2)21(16(3)10-14)26-22(27)18-7-8-24-20(12-18)25-19-6-4-5-17(11-19)13-23/h4-12H,1-3H3,(H,24,25)(H,26,27). The Morgan fingerprint density at radius 3 is 2.48 bits per heavy atom. The van der Waals surface area contributed by atoms with Crippen molar-refractivity contribution < 1.29 is 4.79 Å². The van der Waals surface area contributed by atoms with Gasteiger partial charge in [-0.1, -0.05) is 23.8 Å². The molecule has 0 fully saturated rings. The number of hydrogen-bond acceptors (Lipinski definition) is 4. The zero-order valence-electron chi connectivity index (χ0n) is 15.5. The molecule has 27 heavy (non-hydrogen) atoms. The molecular formula is C22H20N4O. The molecule has 134 valence electrons. The number of carbonyl (C=O) groups is 1. The van der Waals surface area contributed by atoms with Crippen LogP contribution in [-0.4, -0.2) is 10.9 Å². The summed E-state index contributed by atoms with van der Waals surface area (Å²) in [6, 6.07) is 16.6. The first-order valence-electron chi connectivity index (χ1n) is 8.58. The summed E-state index contributed by atoms with van der Waals surface area (Å²) in [5.74, 6) is 0.344. The van der Waals surface area contributed by atoms with Crippen LogP contribution in [0.4, 0.5) is 17.2 Å². The van der Waals surface area contributed by atoms with E-state index in [9.17, 15) is 4.79 Å². The van der Waals surface area contributed by atoms with Crippen LogP contribution in [0, 0.1) is 32.1 Å². The molecule has 0 unspecified atom stereocenters. The third-order valence-electron chi connectivity index (χ3n) is 4.20. The Kier molecular flexibility index (Phi) is 5.18. The first-order valence-corrected chi connectivity index (χ1v) is 8.58. The Hall–Kier alpha value is -3.65. The number of hydrogen-bond donors (Lipinski definition) is 2. The van der Waals surface area contributed by atoms with Gasteiger partial charge in [-0.2, -0.15) is 5.26 Å². The van der Waals surface area contributed by atoms with Crippen LogP contribution in [0.25, 0.3) is 0 Å². The quantitative estimate of drug-likeness (QED) is 0.699. The SMILES string of the molecule is Cc1cc(C)c(NC(=O)c2ccnc(Nc3cccc(C#N)c3)c2)c(C)c1. The number of benzene rings is 2. The number of carbonyl (C=O) groups excluding carboxylic acids is 1. The Bertz CT molecular complexity index is 1030. The molecule has 1 amide bonds. The molecule has 0 aliphatic carbocycles. The molecule has 0 bridgehead atoms. The maximum Gasteiger partial charge on any atom is 0.255 e. The smallest absolute Gasteiger partial charge is 0.255 e. The van der Waals surface area contributed by atoms with Crippen LogP contribution in [0.15, 0.2) is 54.7 Å². The van der Waals surface area contributed by atoms with Crippen LogP contribution in [-0.2, 0) is 0 Å². The van der Waals surface area contributed by atoms with Crippen LogP contribution in [0.1, 0.15) is 32.6 Å². The fourth-order valence-electron chi connectivity index (χ4n) is 3.02. The van der Waals surface area contributed by atoms with Crippen molar-refractivity contribution in [2.24, 2.45) is 0 Å². The number of rotatable bonds is 4. The second kappa shape index (κ2) is 7.71. The summed E-state index contributed by atoms with van der Waals surface area (Å²) in [5.41, 5.74) is 5.85. The third-order valence-corrected chi connectivity index (χ3v) is 4.20. The van der Waals surface area contributed by atoms with E-state index in [1.165, 1.54) is 0 Å². The molecule has 0 aliphatic rings. The second-order valence-corrected chi connectivity index (χ2v) is 6.48. The average molecular weight is 356 g/mol. The van der Waals surface area contributed by atoms with Gasteiger partial charge in [-0.3, -0.25) is 4.79 Å². The van der Waals surface area contributed by atoms with E-state index in [2.05, 4.69) is 21.7 Å². The predicted molar refractivity (Wildman–Crippen MR) is 107 cm³/mol. The minimum atomic E-state index is -0.193. The number of aromatic nitrogens is 1. The highest BCUT2D eigenvalue weighted by molar-refractivity contribution is 6.05. The van der Waals surface area contributed by atoms with Crippen molar-refractivity contribution in [1.82, 2.24) is 4.98 Å². The van der Waals surface area contributed by atoms with Gasteiger partial charge in [-0.15, -0.1) is 0 Å². The largest absolute Gasteiger partial charge is 0.340 e. The number of nitriles is 1. The molecule has 3 rings (SSSR count). The minimum absolute atomic E-state index is 0.193. The lowest BCUT2D eigenvalue weighted by atomic mass is 10.0. The molecule has 3 aromatic rings. The topological polar surface area (TPSA) is 77.8 Å². The van der Waals surface area contributed by atoms with Gasteiger partial charge in [0.25, 0.3) is 5.91 Å². The van der Waals surface area contributed by atoms with E-state index in [0.29, 0.717) is 16.9 Å². The van der Waals surface area contributed by atoms with Gasteiger partial charge in [-0.05, 0) is 62.2 Å². The lowest BCUT2D eigenvalue weighted by Crippen LogP contribution is -2.14. The fraction of sp³-hybridized carbons (Fsp3) is 0.136. The number of aryl methyl sites for hydroxylation is 3. The minimum Gasteiger partial charge on any atom is -0.340 e. The van der Waals surface area contributed by atoms with Crippen LogP contribution in [0.2, 0.25) is 0 Å². The van der Waals surface area contributed by atoms with E-state index in [1.54, 1.807) is 36.5 Å². The van der Waals surface area contributed by atoms with Gasteiger partial charge in [0.2, 0.25) is 0 Å². The van der Waals surface area contributed by atoms with Crippen LogP contribution in [0.3, 0.4) is 0 Å². The molecule has 0 atom stereocenters. The molecule has 1 heterocycles. The Morgan fingerprint density at radius 2 is 1.78 bits per heavy atom. The zero-order valence-corrected chi connectivity index (χ0v) is 15.5. The monoisotopic (exact) mass is 356 g/mol. The van der Waals surface area contributed by atoms with Crippen LogP contribution < -0.4 is 10.6 Å². The number of pyridine rings is 1. The maximum atomic E-state index is 12.7. The van der Waals surface area contributed by atoms with E-state index in [-0.39, 0.29) is 5.91 Å². The van der Waals surface area contributed by atoms with Crippen molar-refractivity contribution in [1.29, 1.82) is 5.26 Å². The highest BCUT2D eigenvalue weighted by atomic mass is 16.1. The Morgan fingerprint density at radius 1 is 1.04 bits per heavy atom. The summed E-state index contributed by atoms with van der Waals surface area (Å²) in [4.78, 5) is 17.0. The average Bonchev–Trinajstić information content (AvgIpc) is 2.65. The van der Waals surface area contributed by atoms with Gasteiger partial charge in [0.05, 0.1) is 11.6 Å². The third kappa shape index (κ3) is 4.31. The Balaban J connectivity index is 1.81. The summed E-state index contributed by atoms with van der Waals surface area (Å²) in [6.07, 6.45) is 1.58. The summed E-state index contributed by atoms with van der Waals surface area (Å²) < 4.78 is 0. The molecule has 2 N–H and O–H groups in total. The molecule has 1 aromatic heterocycles. The molecule has 0 spiro atoms. The van der Waals surface area contributed by atoms with Crippen LogP contribution >= 0.6 is 0 Å². The van der Waals surface area contributed by atoms with Crippen molar-refractivity contribution in [3.63, 3.8) is 0 Å². The fourth-order valence-corrected chi connectivity index (χ4v) is 3.02. The number of nitrogens with zero attached hydrogens (tertiary/aromatic N) is 2. The lowest BCUT2D eigenvalue weighted by Gasteiger charge is -2.13. The second-order valence-electron chi connectivity index (χ2n) is 6.48. The zero-order chi connectivity index (χ0) is 19.4. The number of nitrogens with one attached hydrogen (secondary N) is 2. The molecule has 5 heteroatoms. The van der Waals surface area contributed by atoms with E-state index in [0.717, 1.165) is 28.1 Å². The maximum absolute atomic E-state index is 12.7. The normalized spacial score (nSPS) is 10.1. The van der Waals surface area contributed by atoms with Gasteiger partial charge in [0.1, 0.15) is 5.82 Å². The van der Waals surface area contributed by atoms with Crippen molar-refractivity contribution >= 4 is 23.1 Å².